The molecule has 0 unspecified atom stereocenters. The van der Waals surface area contributed by atoms with E-state index in [9.17, 15) is 9.59 Å². The number of carbonyl (C=O) groups excluding carboxylic acids is 2. The van der Waals surface area contributed by atoms with Gasteiger partial charge in [0.05, 0.1) is 12.7 Å². The number of rotatable bonds is 6. The molecule has 0 saturated carbocycles. The summed E-state index contributed by atoms with van der Waals surface area (Å²) in [5, 5.41) is 2.99. The summed E-state index contributed by atoms with van der Waals surface area (Å²) in [6.45, 7) is 7.32. The molecular formula is C20H28N2O4. The Kier molecular flexibility index (Phi) is 7.51. The van der Waals surface area contributed by atoms with Crippen molar-refractivity contribution in [2.24, 2.45) is 0 Å². The number of benzene rings is 1. The molecule has 0 bridgehead atoms. The van der Waals surface area contributed by atoms with Crippen molar-refractivity contribution in [3.05, 3.63) is 35.9 Å². The van der Waals surface area contributed by atoms with E-state index >= 15 is 0 Å². The standard InChI is InChI=1S/C20H28N2O4/c1-4-25-20(24)22-12-10-17(11-13-22)21-19(23)9-8-16-6-5-7-18(14-16)26-15(2)3/h5-9,14-15,17H,4,10-13H2,1-3H3,(H,21,23)/b9-8+. The Hall–Kier alpha value is -2.50. The number of hydrogen-bond donors (Lipinski definition) is 1. The highest BCUT2D eigenvalue weighted by atomic mass is 16.6. The van der Waals surface area contributed by atoms with Crippen molar-refractivity contribution >= 4 is 18.1 Å². The molecule has 1 fully saturated rings. The van der Waals surface area contributed by atoms with E-state index in [1.807, 2.05) is 38.1 Å². The Morgan fingerprint density at radius 1 is 1.31 bits per heavy atom. The van der Waals surface area contributed by atoms with E-state index in [2.05, 4.69) is 5.32 Å². The van der Waals surface area contributed by atoms with E-state index in [0.717, 1.165) is 24.2 Å². The molecule has 0 aliphatic carbocycles. The first-order valence-corrected chi connectivity index (χ1v) is 9.15. The highest BCUT2D eigenvalue weighted by Crippen LogP contribution is 2.16. The summed E-state index contributed by atoms with van der Waals surface area (Å²) in [7, 11) is 0. The summed E-state index contributed by atoms with van der Waals surface area (Å²) in [5.41, 5.74) is 0.912. The molecule has 2 rings (SSSR count). The van der Waals surface area contributed by atoms with Gasteiger partial charge in [0, 0.05) is 25.2 Å². The van der Waals surface area contributed by atoms with E-state index in [1.54, 1.807) is 17.9 Å². The summed E-state index contributed by atoms with van der Waals surface area (Å²) in [4.78, 5) is 25.5. The van der Waals surface area contributed by atoms with Gasteiger partial charge in [0.15, 0.2) is 0 Å². The lowest BCUT2D eigenvalue weighted by atomic mass is 10.1. The summed E-state index contributed by atoms with van der Waals surface area (Å²) in [6.07, 6.45) is 4.60. The number of hydrogen-bond acceptors (Lipinski definition) is 4. The van der Waals surface area contributed by atoms with Gasteiger partial charge >= 0.3 is 6.09 Å². The molecule has 1 aliphatic rings. The van der Waals surface area contributed by atoms with Crippen LogP contribution in [-0.4, -0.2) is 48.7 Å². The molecule has 0 spiro atoms. The van der Waals surface area contributed by atoms with Crippen LogP contribution >= 0.6 is 0 Å². The van der Waals surface area contributed by atoms with Gasteiger partial charge in [-0.25, -0.2) is 4.79 Å². The van der Waals surface area contributed by atoms with Gasteiger partial charge in [0.1, 0.15) is 5.75 Å². The van der Waals surface area contributed by atoms with Crippen LogP contribution in [0.5, 0.6) is 5.75 Å². The number of ether oxygens (including phenoxy) is 2. The van der Waals surface area contributed by atoms with Crippen LogP contribution in [0.25, 0.3) is 6.08 Å². The van der Waals surface area contributed by atoms with Crippen molar-refractivity contribution in [1.82, 2.24) is 10.2 Å². The lowest BCUT2D eigenvalue weighted by Crippen LogP contribution is -2.46. The van der Waals surface area contributed by atoms with Gasteiger partial charge in [0.2, 0.25) is 5.91 Å². The van der Waals surface area contributed by atoms with Crippen LogP contribution in [0.2, 0.25) is 0 Å². The zero-order valence-corrected chi connectivity index (χ0v) is 15.7. The number of piperidine rings is 1. The Morgan fingerprint density at radius 3 is 2.69 bits per heavy atom. The Morgan fingerprint density at radius 2 is 2.04 bits per heavy atom. The Balaban J connectivity index is 1.80. The van der Waals surface area contributed by atoms with Gasteiger partial charge < -0.3 is 19.7 Å². The topological polar surface area (TPSA) is 67.9 Å². The number of likely N-dealkylation sites (tertiary alicyclic amines) is 1. The van der Waals surface area contributed by atoms with Crippen LogP contribution in [0.15, 0.2) is 30.3 Å². The maximum atomic E-state index is 12.1. The summed E-state index contributed by atoms with van der Waals surface area (Å²) >= 11 is 0. The molecule has 0 aromatic heterocycles. The molecule has 0 radical (unpaired) electrons. The summed E-state index contributed by atoms with van der Waals surface area (Å²) in [5.74, 6) is 0.656. The maximum absolute atomic E-state index is 12.1. The number of nitrogens with zero attached hydrogens (tertiary/aromatic N) is 1. The fourth-order valence-corrected chi connectivity index (χ4v) is 2.81. The smallest absolute Gasteiger partial charge is 0.409 e. The third kappa shape index (κ3) is 6.43. The van der Waals surface area contributed by atoms with Crippen LogP contribution in [0.4, 0.5) is 4.79 Å². The van der Waals surface area contributed by atoms with Crippen LogP contribution < -0.4 is 10.1 Å². The van der Waals surface area contributed by atoms with Gasteiger partial charge in [-0.1, -0.05) is 12.1 Å². The quantitative estimate of drug-likeness (QED) is 0.791. The molecule has 1 aromatic carbocycles. The fraction of sp³-hybridized carbons (Fsp3) is 0.500. The molecule has 26 heavy (non-hydrogen) atoms. The third-order valence-corrected chi connectivity index (χ3v) is 4.02. The average molecular weight is 360 g/mol. The van der Waals surface area contributed by atoms with Crippen molar-refractivity contribution in [3.8, 4) is 5.75 Å². The third-order valence-electron chi connectivity index (χ3n) is 4.02. The average Bonchev–Trinajstić information content (AvgIpc) is 2.60. The summed E-state index contributed by atoms with van der Waals surface area (Å²) < 4.78 is 10.7. The van der Waals surface area contributed by atoms with Gasteiger partial charge in [0.25, 0.3) is 0 Å². The predicted molar refractivity (Wildman–Crippen MR) is 101 cm³/mol. The van der Waals surface area contributed by atoms with Crippen LogP contribution in [-0.2, 0) is 9.53 Å². The van der Waals surface area contributed by atoms with Crippen LogP contribution in [0.1, 0.15) is 39.2 Å². The van der Waals surface area contributed by atoms with Crippen molar-refractivity contribution in [1.29, 1.82) is 0 Å². The van der Waals surface area contributed by atoms with Crippen molar-refractivity contribution in [2.45, 2.75) is 45.8 Å². The van der Waals surface area contributed by atoms with Gasteiger partial charge in [-0.05, 0) is 57.4 Å². The Bertz CT molecular complexity index is 634. The molecule has 0 atom stereocenters. The monoisotopic (exact) mass is 360 g/mol. The van der Waals surface area contributed by atoms with Gasteiger partial charge in [-0.2, -0.15) is 0 Å². The normalized spacial score (nSPS) is 15.3. The minimum atomic E-state index is -0.277. The number of nitrogens with one attached hydrogen (secondary N) is 1. The first-order valence-electron chi connectivity index (χ1n) is 9.15. The van der Waals surface area contributed by atoms with Crippen molar-refractivity contribution in [2.75, 3.05) is 19.7 Å². The van der Waals surface area contributed by atoms with E-state index in [4.69, 9.17) is 9.47 Å². The number of amides is 2. The van der Waals surface area contributed by atoms with E-state index in [-0.39, 0.29) is 24.1 Å². The number of carbonyl (C=O) groups is 2. The molecule has 1 aromatic rings. The molecular weight excluding hydrogens is 332 g/mol. The van der Waals surface area contributed by atoms with Crippen molar-refractivity contribution in [3.63, 3.8) is 0 Å². The van der Waals surface area contributed by atoms with Gasteiger partial charge in [-0.15, -0.1) is 0 Å². The molecule has 6 heteroatoms. The zero-order chi connectivity index (χ0) is 18.9. The molecule has 6 nitrogen and oxygen atoms in total. The highest BCUT2D eigenvalue weighted by Gasteiger charge is 2.23. The van der Waals surface area contributed by atoms with E-state index in [0.29, 0.717) is 19.7 Å². The Labute approximate surface area is 155 Å². The van der Waals surface area contributed by atoms with Crippen LogP contribution in [0.3, 0.4) is 0 Å². The van der Waals surface area contributed by atoms with Gasteiger partial charge in [-0.3, -0.25) is 4.79 Å². The lowest BCUT2D eigenvalue weighted by Gasteiger charge is -2.31. The van der Waals surface area contributed by atoms with E-state index in [1.165, 1.54) is 6.08 Å². The second-order valence-electron chi connectivity index (χ2n) is 6.54. The van der Waals surface area contributed by atoms with E-state index < -0.39 is 0 Å². The molecule has 1 saturated heterocycles. The molecule has 1 aliphatic heterocycles. The molecule has 2 amide bonds. The van der Waals surface area contributed by atoms with Crippen LogP contribution in [0, 0.1) is 0 Å². The molecule has 142 valence electrons. The SMILES string of the molecule is CCOC(=O)N1CCC(NC(=O)/C=C/c2cccc(OC(C)C)c2)CC1. The lowest BCUT2D eigenvalue weighted by molar-refractivity contribution is -0.117. The highest BCUT2D eigenvalue weighted by molar-refractivity contribution is 5.92. The molecule has 1 N–H and O–H groups in total. The predicted octanol–water partition coefficient (Wildman–Crippen LogP) is 3.22. The second kappa shape index (κ2) is 9.85. The zero-order valence-electron chi connectivity index (χ0n) is 15.7. The fourth-order valence-electron chi connectivity index (χ4n) is 2.81. The summed E-state index contributed by atoms with van der Waals surface area (Å²) in [6, 6.07) is 7.71. The maximum Gasteiger partial charge on any atom is 0.409 e. The first-order chi connectivity index (χ1) is 12.5. The second-order valence-corrected chi connectivity index (χ2v) is 6.54. The molecule has 1 heterocycles. The largest absolute Gasteiger partial charge is 0.491 e. The minimum Gasteiger partial charge on any atom is -0.491 e. The first kappa shape index (κ1) is 19.8. The van der Waals surface area contributed by atoms with Crippen molar-refractivity contribution < 1.29 is 19.1 Å². The minimum absolute atomic E-state index is 0.0773.